The highest BCUT2D eigenvalue weighted by atomic mass is 19.1. The molecule has 0 fully saturated rings. The summed E-state index contributed by atoms with van der Waals surface area (Å²) in [4.78, 5) is 0. The third-order valence-corrected chi connectivity index (χ3v) is 3.63. The maximum absolute atomic E-state index is 13.8. The lowest BCUT2D eigenvalue weighted by atomic mass is 9.79. The van der Waals surface area contributed by atoms with E-state index >= 15 is 0 Å². The van der Waals surface area contributed by atoms with Gasteiger partial charge >= 0.3 is 7.12 Å². The predicted octanol–water partition coefficient (Wildman–Crippen LogP) is 2.91. The number of hydrogen-bond acceptors (Lipinski definition) is 2. The first-order valence-electron chi connectivity index (χ1n) is 7.36. The summed E-state index contributed by atoms with van der Waals surface area (Å²) in [5, 5.41) is 18.0. The average molecular weight is 286 g/mol. The molecule has 0 aliphatic carbocycles. The molecule has 2 aromatic rings. The molecule has 110 valence electrons. The van der Waals surface area contributed by atoms with Crippen molar-refractivity contribution < 1.29 is 14.4 Å². The molecular formula is C17H20BFO2. The fourth-order valence-corrected chi connectivity index (χ4v) is 2.36. The fourth-order valence-electron chi connectivity index (χ4n) is 2.36. The van der Waals surface area contributed by atoms with E-state index in [2.05, 4.69) is 19.1 Å². The van der Waals surface area contributed by atoms with Gasteiger partial charge in [0, 0.05) is 5.46 Å². The normalized spacial score (nSPS) is 10.7. The quantitative estimate of drug-likeness (QED) is 0.633. The molecule has 0 atom stereocenters. The van der Waals surface area contributed by atoms with Crippen molar-refractivity contribution in [3.8, 4) is 11.1 Å². The van der Waals surface area contributed by atoms with Crippen LogP contribution in [0.15, 0.2) is 42.5 Å². The molecule has 0 bridgehead atoms. The van der Waals surface area contributed by atoms with Gasteiger partial charge in [0.05, 0.1) is 0 Å². The second-order valence-corrected chi connectivity index (χ2v) is 5.26. The number of rotatable bonds is 6. The van der Waals surface area contributed by atoms with Crippen molar-refractivity contribution in [1.82, 2.24) is 0 Å². The van der Waals surface area contributed by atoms with E-state index in [0.717, 1.165) is 17.5 Å². The Morgan fingerprint density at radius 3 is 2.19 bits per heavy atom. The van der Waals surface area contributed by atoms with Gasteiger partial charge < -0.3 is 10.0 Å². The van der Waals surface area contributed by atoms with Crippen LogP contribution < -0.4 is 5.46 Å². The Hall–Kier alpha value is -1.65. The molecular weight excluding hydrogens is 266 g/mol. The summed E-state index contributed by atoms with van der Waals surface area (Å²) < 4.78 is 13.8. The number of aryl methyl sites for hydroxylation is 1. The largest absolute Gasteiger partial charge is 0.491 e. The summed E-state index contributed by atoms with van der Waals surface area (Å²) in [6.45, 7) is 2.19. The van der Waals surface area contributed by atoms with Crippen molar-refractivity contribution in [3.63, 3.8) is 0 Å². The van der Waals surface area contributed by atoms with E-state index in [4.69, 9.17) is 10.0 Å². The van der Waals surface area contributed by atoms with Gasteiger partial charge in [-0.25, -0.2) is 4.39 Å². The van der Waals surface area contributed by atoms with Gasteiger partial charge in [-0.05, 0) is 35.6 Å². The SMILES string of the molecule is CCCCCc1ccc(-c2ccc(B(O)O)c(F)c2)cc1. The summed E-state index contributed by atoms with van der Waals surface area (Å²) in [5.41, 5.74) is 2.84. The first-order valence-corrected chi connectivity index (χ1v) is 7.36. The molecule has 2 aromatic carbocycles. The zero-order valence-electron chi connectivity index (χ0n) is 12.2. The minimum absolute atomic E-state index is 0.102. The van der Waals surface area contributed by atoms with E-state index in [0.29, 0.717) is 0 Å². The monoisotopic (exact) mass is 286 g/mol. The lowest BCUT2D eigenvalue weighted by Crippen LogP contribution is -2.32. The Bertz CT molecular complexity index is 582. The lowest BCUT2D eigenvalue weighted by molar-refractivity contribution is 0.423. The zero-order valence-corrected chi connectivity index (χ0v) is 12.2. The van der Waals surface area contributed by atoms with Crippen LogP contribution in [0.4, 0.5) is 4.39 Å². The first kappa shape index (κ1) is 15.7. The van der Waals surface area contributed by atoms with Crippen LogP contribution in [0.5, 0.6) is 0 Å². The smallest absolute Gasteiger partial charge is 0.423 e. The Kier molecular flexibility index (Phi) is 5.54. The van der Waals surface area contributed by atoms with E-state index in [-0.39, 0.29) is 5.46 Å². The van der Waals surface area contributed by atoms with Crippen molar-refractivity contribution in [3.05, 3.63) is 53.8 Å². The van der Waals surface area contributed by atoms with Crippen LogP contribution >= 0.6 is 0 Å². The van der Waals surface area contributed by atoms with Crippen molar-refractivity contribution >= 4 is 12.6 Å². The third-order valence-electron chi connectivity index (χ3n) is 3.63. The molecule has 2 nitrogen and oxygen atoms in total. The minimum atomic E-state index is -1.78. The second-order valence-electron chi connectivity index (χ2n) is 5.26. The van der Waals surface area contributed by atoms with Gasteiger partial charge in [-0.1, -0.05) is 56.2 Å². The Morgan fingerprint density at radius 2 is 1.62 bits per heavy atom. The highest BCUT2D eigenvalue weighted by molar-refractivity contribution is 6.58. The molecule has 0 unspecified atom stereocenters. The summed E-state index contributed by atoms with van der Waals surface area (Å²) in [7, 11) is -1.78. The third kappa shape index (κ3) is 4.16. The number of halogens is 1. The summed E-state index contributed by atoms with van der Waals surface area (Å²) >= 11 is 0. The predicted molar refractivity (Wildman–Crippen MR) is 84.9 cm³/mol. The van der Waals surface area contributed by atoms with Gasteiger partial charge in [-0.2, -0.15) is 0 Å². The Morgan fingerprint density at radius 1 is 0.952 bits per heavy atom. The summed E-state index contributed by atoms with van der Waals surface area (Å²) in [5.74, 6) is -0.602. The second kappa shape index (κ2) is 7.39. The van der Waals surface area contributed by atoms with Crippen LogP contribution in [-0.4, -0.2) is 17.2 Å². The molecule has 4 heteroatoms. The van der Waals surface area contributed by atoms with Gasteiger partial charge in [0.15, 0.2) is 0 Å². The highest BCUT2D eigenvalue weighted by Gasteiger charge is 2.16. The number of benzene rings is 2. The first-order chi connectivity index (χ1) is 10.1. The maximum atomic E-state index is 13.8. The molecule has 0 saturated heterocycles. The van der Waals surface area contributed by atoms with Gasteiger partial charge in [-0.15, -0.1) is 0 Å². The standard InChI is InChI=1S/C17H20BFO2/c1-2-3-4-5-13-6-8-14(9-7-13)15-10-11-16(18(20)21)17(19)12-15/h6-12,20-21H,2-5H2,1H3. The molecule has 2 N–H and O–H groups in total. The molecule has 0 aliphatic heterocycles. The van der Waals surface area contributed by atoms with Gasteiger partial charge in [-0.3, -0.25) is 0 Å². The molecule has 2 rings (SSSR count). The van der Waals surface area contributed by atoms with Crippen molar-refractivity contribution in [1.29, 1.82) is 0 Å². The molecule has 0 heterocycles. The van der Waals surface area contributed by atoms with Gasteiger partial charge in [0.1, 0.15) is 5.82 Å². The fraction of sp³-hybridized carbons (Fsp3) is 0.294. The molecule has 0 spiro atoms. The summed E-state index contributed by atoms with van der Waals surface area (Å²) in [6.07, 6.45) is 4.70. The van der Waals surface area contributed by atoms with Crippen LogP contribution in [0.3, 0.4) is 0 Å². The van der Waals surface area contributed by atoms with E-state index < -0.39 is 12.9 Å². The van der Waals surface area contributed by atoms with Crippen LogP contribution in [0.1, 0.15) is 31.7 Å². The van der Waals surface area contributed by atoms with Crippen molar-refractivity contribution in [2.75, 3.05) is 0 Å². The van der Waals surface area contributed by atoms with E-state index in [1.165, 1.54) is 37.0 Å². The lowest BCUT2D eigenvalue weighted by Gasteiger charge is -2.07. The van der Waals surface area contributed by atoms with Gasteiger partial charge in [0.25, 0.3) is 0 Å². The molecule has 0 saturated carbocycles. The highest BCUT2D eigenvalue weighted by Crippen LogP contribution is 2.21. The van der Waals surface area contributed by atoms with E-state index in [9.17, 15) is 4.39 Å². The van der Waals surface area contributed by atoms with E-state index in [1.807, 2.05) is 12.1 Å². The Labute approximate surface area is 125 Å². The van der Waals surface area contributed by atoms with Crippen LogP contribution in [0.25, 0.3) is 11.1 Å². The molecule has 0 aromatic heterocycles. The number of hydrogen-bond donors (Lipinski definition) is 2. The van der Waals surface area contributed by atoms with Crippen LogP contribution in [-0.2, 0) is 6.42 Å². The summed E-state index contributed by atoms with van der Waals surface area (Å²) in [6, 6.07) is 12.5. The minimum Gasteiger partial charge on any atom is -0.423 e. The van der Waals surface area contributed by atoms with Crippen LogP contribution in [0, 0.1) is 5.82 Å². The van der Waals surface area contributed by atoms with Crippen molar-refractivity contribution in [2.24, 2.45) is 0 Å². The molecule has 0 radical (unpaired) electrons. The Balaban J connectivity index is 2.13. The topological polar surface area (TPSA) is 40.5 Å². The van der Waals surface area contributed by atoms with Crippen LogP contribution in [0.2, 0.25) is 0 Å². The average Bonchev–Trinajstić information content (AvgIpc) is 2.48. The maximum Gasteiger partial charge on any atom is 0.491 e. The van der Waals surface area contributed by atoms with Crippen molar-refractivity contribution in [2.45, 2.75) is 32.6 Å². The molecule has 0 aliphatic rings. The van der Waals surface area contributed by atoms with E-state index in [1.54, 1.807) is 6.07 Å². The molecule has 21 heavy (non-hydrogen) atoms. The number of unbranched alkanes of at least 4 members (excludes halogenated alkanes) is 2. The van der Waals surface area contributed by atoms with Gasteiger partial charge in [0.2, 0.25) is 0 Å². The zero-order chi connectivity index (χ0) is 15.2. The molecule has 0 amide bonds.